The molecule has 174 valence electrons. The maximum atomic E-state index is 6.23. The van der Waals surface area contributed by atoms with Crippen molar-refractivity contribution in [3.05, 3.63) is 102 Å². The third-order valence-electron chi connectivity index (χ3n) is 6.22. The van der Waals surface area contributed by atoms with Crippen LogP contribution in [0.25, 0.3) is 16.9 Å². The highest BCUT2D eigenvalue weighted by molar-refractivity contribution is 5.83. The molecule has 0 radical (unpaired) electrons. The molecule has 0 unspecified atom stereocenters. The van der Waals surface area contributed by atoms with Crippen molar-refractivity contribution in [3.63, 3.8) is 0 Å². The Hall–Kier alpha value is -4.45. The summed E-state index contributed by atoms with van der Waals surface area (Å²) >= 11 is 0. The van der Waals surface area contributed by atoms with Gasteiger partial charge in [-0.1, -0.05) is 48.5 Å². The Morgan fingerprint density at radius 1 is 0.886 bits per heavy atom. The van der Waals surface area contributed by atoms with E-state index in [4.69, 9.17) is 19.2 Å². The lowest BCUT2D eigenvalue weighted by atomic mass is 10.1. The lowest BCUT2D eigenvalue weighted by molar-refractivity contribution is 0.174. The van der Waals surface area contributed by atoms with E-state index in [0.29, 0.717) is 12.4 Å². The molecule has 0 aliphatic carbocycles. The number of nitrogens with zero attached hydrogens (tertiary/aromatic N) is 2. The average molecular weight is 464 g/mol. The summed E-state index contributed by atoms with van der Waals surface area (Å²) in [6, 6.07) is 26.3. The first-order valence-electron chi connectivity index (χ1n) is 11.6. The normalized spacial score (nSPS) is 12.2. The third-order valence-corrected chi connectivity index (χ3v) is 6.22. The molecule has 0 atom stereocenters. The van der Waals surface area contributed by atoms with Crippen LogP contribution in [0.3, 0.4) is 0 Å². The van der Waals surface area contributed by atoms with Crippen LogP contribution in [-0.4, -0.2) is 16.2 Å². The number of fused-ring (bicyclic) bond motifs is 2. The summed E-state index contributed by atoms with van der Waals surface area (Å²) in [5, 5.41) is 3.67. The van der Waals surface area contributed by atoms with Crippen LogP contribution in [0.1, 0.15) is 16.7 Å². The fraction of sp³-hybridized carbons (Fsp3) is 0.138. The third kappa shape index (κ3) is 3.93. The summed E-state index contributed by atoms with van der Waals surface area (Å²) in [6.07, 6.45) is 2.00. The SMILES string of the molecule is Cc1cccc(C)c1Nc1c(-c2ccc3c(c2)OCO3)nc2c(OCc3ccccc3)cccn12. The highest BCUT2D eigenvalue weighted by atomic mass is 16.7. The molecule has 1 N–H and O–H groups in total. The fourth-order valence-electron chi connectivity index (χ4n) is 4.39. The molecule has 6 rings (SSSR count). The zero-order valence-corrected chi connectivity index (χ0v) is 19.6. The predicted molar refractivity (Wildman–Crippen MR) is 137 cm³/mol. The van der Waals surface area contributed by atoms with Gasteiger partial charge in [0.15, 0.2) is 22.9 Å². The van der Waals surface area contributed by atoms with Gasteiger partial charge in [-0.15, -0.1) is 0 Å². The van der Waals surface area contributed by atoms with Gasteiger partial charge in [0, 0.05) is 17.4 Å². The van der Waals surface area contributed by atoms with Gasteiger partial charge in [-0.2, -0.15) is 0 Å². The van der Waals surface area contributed by atoms with E-state index < -0.39 is 0 Å². The summed E-state index contributed by atoms with van der Waals surface area (Å²) < 4.78 is 19.4. The Kier molecular flexibility index (Phi) is 5.26. The van der Waals surface area contributed by atoms with Crippen molar-refractivity contribution in [1.29, 1.82) is 0 Å². The van der Waals surface area contributed by atoms with Crippen LogP contribution in [0.4, 0.5) is 11.5 Å². The zero-order valence-electron chi connectivity index (χ0n) is 19.6. The quantitative estimate of drug-likeness (QED) is 0.305. The number of aromatic nitrogens is 2. The van der Waals surface area contributed by atoms with Crippen LogP contribution in [0.15, 0.2) is 85.1 Å². The van der Waals surface area contributed by atoms with Crippen LogP contribution in [0, 0.1) is 13.8 Å². The Bertz CT molecular complexity index is 1510. The summed E-state index contributed by atoms with van der Waals surface area (Å²) in [5.41, 5.74) is 6.96. The molecule has 0 saturated carbocycles. The molecule has 3 aromatic carbocycles. The highest BCUT2D eigenvalue weighted by Crippen LogP contribution is 2.40. The monoisotopic (exact) mass is 463 g/mol. The van der Waals surface area contributed by atoms with Crippen LogP contribution < -0.4 is 19.5 Å². The van der Waals surface area contributed by atoms with Gasteiger partial charge in [0.05, 0.1) is 0 Å². The smallest absolute Gasteiger partial charge is 0.231 e. The molecule has 35 heavy (non-hydrogen) atoms. The summed E-state index contributed by atoms with van der Waals surface area (Å²) in [4.78, 5) is 5.06. The summed E-state index contributed by atoms with van der Waals surface area (Å²) in [7, 11) is 0. The molecule has 6 nitrogen and oxygen atoms in total. The van der Waals surface area contributed by atoms with E-state index in [1.165, 1.54) is 0 Å². The standard InChI is InChI=1S/C29H25N3O3/c1-19-8-6-9-20(2)26(19)30-29-27(22-13-14-23-25(16-22)35-18-34-23)31-28-24(12-7-15-32(28)29)33-17-21-10-4-3-5-11-21/h3-16,30H,17-18H2,1-2H3. The van der Waals surface area contributed by atoms with E-state index in [9.17, 15) is 0 Å². The number of hydrogen-bond acceptors (Lipinski definition) is 5. The van der Waals surface area contributed by atoms with Crippen molar-refractivity contribution in [2.75, 3.05) is 12.1 Å². The number of benzene rings is 3. The Morgan fingerprint density at radius 2 is 1.69 bits per heavy atom. The molecule has 2 aromatic heterocycles. The van der Waals surface area contributed by atoms with Gasteiger partial charge in [0.25, 0.3) is 0 Å². The number of hydrogen-bond donors (Lipinski definition) is 1. The first kappa shape index (κ1) is 21.1. The first-order chi connectivity index (χ1) is 17.2. The van der Waals surface area contributed by atoms with Crippen molar-refractivity contribution in [2.24, 2.45) is 0 Å². The molecular weight excluding hydrogens is 438 g/mol. The van der Waals surface area contributed by atoms with Crippen LogP contribution in [0.5, 0.6) is 17.2 Å². The van der Waals surface area contributed by atoms with E-state index in [-0.39, 0.29) is 6.79 Å². The van der Waals surface area contributed by atoms with Gasteiger partial charge in [-0.05, 0) is 60.9 Å². The molecule has 0 saturated heterocycles. The Labute approximate surface area is 203 Å². The number of ether oxygens (including phenoxy) is 3. The highest BCUT2D eigenvalue weighted by Gasteiger charge is 2.21. The molecule has 5 aromatic rings. The van der Waals surface area contributed by atoms with Gasteiger partial charge in [0.2, 0.25) is 6.79 Å². The number of aryl methyl sites for hydroxylation is 2. The maximum Gasteiger partial charge on any atom is 0.231 e. The van der Waals surface area contributed by atoms with Gasteiger partial charge in [-0.3, -0.25) is 4.40 Å². The fourth-order valence-corrected chi connectivity index (χ4v) is 4.39. The topological polar surface area (TPSA) is 57.0 Å². The second-order valence-electron chi connectivity index (χ2n) is 8.61. The van der Waals surface area contributed by atoms with E-state index in [1.807, 2.05) is 59.1 Å². The van der Waals surface area contributed by atoms with E-state index in [0.717, 1.165) is 56.6 Å². The number of pyridine rings is 1. The maximum absolute atomic E-state index is 6.23. The van der Waals surface area contributed by atoms with Gasteiger partial charge in [0.1, 0.15) is 18.1 Å². The minimum Gasteiger partial charge on any atom is -0.485 e. The van der Waals surface area contributed by atoms with Crippen molar-refractivity contribution < 1.29 is 14.2 Å². The molecule has 3 heterocycles. The predicted octanol–water partition coefficient (Wildman–Crippen LogP) is 6.67. The molecule has 0 bridgehead atoms. The number of rotatable bonds is 6. The van der Waals surface area contributed by atoms with E-state index in [1.54, 1.807) is 0 Å². The van der Waals surface area contributed by atoms with Crippen LogP contribution in [-0.2, 0) is 6.61 Å². The molecule has 0 spiro atoms. The number of nitrogens with one attached hydrogen (secondary N) is 1. The molecule has 1 aliphatic heterocycles. The van der Waals surface area contributed by atoms with Crippen molar-refractivity contribution in [3.8, 4) is 28.5 Å². The first-order valence-corrected chi connectivity index (χ1v) is 11.6. The largest absolute Gasteiger partial charge is 0.485 e. The number of imidazole rings is 1. The second kappa shape index (κ2) is 8.72. The second-order valence-corrected chi connectivity index (χ2v) is 8.61. The Morgan fingerprint density at radius 3 is 2.51 bits per heavy atom. The van der Waals surface area contributed by atoms with Crippen molar-refractivity contribution in [1.82, 2.24) is 9.38 Å². The number of anilines is 2. The summed E-state index contributed by atoms with van der Waals surface area (Å²) in [5.74, 6) is 3.04. The molecule has 6 heteroatoms. The minimum atomic E-state index is 0.231. The Balaban J connectivity index is 1.48. The van der Waals surface area contributed by atoms with Crippen molar-refractivity contribution >= 4 is 17.2 Å². The lowest BCUT2D eigenvalue weighted by Crippen LogP contribution is -2.01. The van der Waals surface area contributed by atoms with Crippen molar-refractivity contribution in [2.45, 2.75) is 20.5 Å². The number of para-hydroxylation sites is 1. The lowest BCUT2D eigenvalue weighted by Gasteiger charge is -2.14. The van der Waals surface area contributed by atoms with Gasteiger partial charge >= 0.3 is 0 Å². The van der Waals surface area contributed by atoms with Crippen LogP contribution >= 0.6 is 0 Å². The molecule has 1 aliphatic rings. The summed E-state index contributed by atoms with van der Waals surface area (Å²) in [6.45, 7) is 4.90. The van der Waals surface area contributed by atoms with Gasteiger partial charge in [-0.25, -0.2) is 4.98 Å². The average Bonchev–Trinajstić information content (AvgIpc) is 3.50. The van der Waals surface area contributed by atoms with Gasteiger partial charge < -0.3 is 19.5 Å². The van der Waals surface area contributed by atoms with E-state index >= 15 is 0 Å². The van der Waals surface area contributed by atoms with Crippen LogP contribution in [0.2, 0.25) is 0 Å². The molecule has 0 amide bonds. The zero-order chi connectivity index (χ0) is 23.8. The van der Waals surface area contributed by atoms with E-state index in [2.05, 4.69) is 49.5 Å². The minimum absolute atomic E-state index is 0.231. The molecular formula is C29H25N3O3. The molecule has 0 fully saturated rings.